The van der Waals surface area contributed by atoms with Gasteiger partial charge in [-0.1, -0.05) is 199 Å². The normalized spacial score (nSPS) is 15.8. The number of aromatic nitrogens is 2. The fourth-order valence-electron chi connectivity index (χ4n) is 9.14. The van der Waals surface area contributed by atoms with Crippen LogP contribution in [0.3, 0.4) is 0 Å². The zero-order valence-electron chi connectivity index (χ0n) is 57.3. The molecule has 72 heavy (non-hydrogen) atoms. The fourth-order valence-corrected chi connectivity index (χ4v) is 9.14. The Morgan fingerprint density at radius 2 is 1.00 bits per heavy atom. The van der Waals surface area contributed by atoms with Crippen molar-refractivity contribution >= 4 is 44.6 Å². The summed E-state index contributed by atoms with van der Waals surface area (Å²) in [5.41, 5.74) is 1.25. The number of nitrogens with zero attached hydrogens (tertiary/aromatic N) is 4. The molecule has 0 radical (unpaired) electrons. The zero-order valence-corrected chi connectivity index (χ0v) is 39.6. The van der Waals surface area contributed by atoms with E-state index >= 15 is 0 Å². The van der Waals surface area contributed by atoms with Crippen LogP contribution in [0.5, 0.6) is 11.5 Å². The van der Waals surface area contributed by atoms with Crippen LogP contribution in [-0.2, 0) is 21.1 Å². The van der Waals surface area contributed by atoms with Crippen molar-refractivity contribution in [3.8, 4) is 73.0 Å². The van der Waals surface area contributed by atoms with Crippen LogP contribution in [0, 0.1) is 18.8 Å². The first-order valence-electron chi connectivity index (χ1n) is 32.2. The number of fused-ring (bicyclic) bond motifs is 4. The molecule has 10 aromatic carbocycles. The second-order valence-corrected chi connectivity index (χ2v) is 16.1. The van der Waals surface area contributed by atoms with Gasteiger partial charge in [-0.2, -0.15) is 6.07 Å². The molecule has 0 unspecified atom stereocenters. The minimum atomic E-state index is -0.680. The second kappa shape index (κ2) is 19.2. The average molecular weight is 1120 g/mol. The summed E-state index contributed by atoms with van der Waals surface area (Å²) in [6.45, 7) is 1.55. The summed E-state index contributed by atoms with van der Waals surface area (Å²) in [5.74, 6) is 0.688. The monoisotopic (exact) mass is 1120 g/mol. The van der Waals surface area contributed by atoms with Gasteiger partial charge in [0.25, 0.3) is 0 Å². The Kier molecular flexibility index (Phi) is 7.36. The molecule has 6 heteroatoms. The van der Waals surface area contributed by atoms with E-state index in [1.807, 2.05) is 47.0 Å². The molecule has 1 aliphatic heterocycles. The van der Waals surface area contributed by atoms with Gasteiger partial charge >= 0.3 is 0 Å². The van der Waals surface area contributed by atoms with Crippen molar-refractivity contribution in [3.63, 3.8) is 0 Å². The summed E-state index contributed by atoms with van der Waals surface area (Å²) in [6.07, 6.45) is 1.67. The fraction of sp³-hybridized carbons (Fsp3) is 0. The van der Waals surface area contributed by atoms with E-state index in [4.69, 9.17) is 21.2 Å². The van der Waals surface area contributed by atoms with Crippen LogP contribution in [0.15, 0.2) is 254 Å². The van der Waals surface area contributed by atoms with Crippen LogP contribution in [-0.4, -0.2) is 9.55 Å². The minimum Gasteiger partial charge on any atom is -0.509 e. The number of rotatable bonds is 10. The molecule has 0 saturated heterocycles. The van der Waals surface area contributed by atoms with E-state index in [-0.39, 0.29) is 99.6 Å². The molecule has 0 aliphatic carbocycles. The molecule has 1 aliphatic rings. The van der Waals surface area contributed by atoms with Crippen molar-refractivity contribution in [2.75, 3.05) is 9.80 Å². The van der Waals surface area contributed by atoms with Gasteiger partial charge in [-0.15, -0.1) is 53.6 Å². The van der Waals surface area contributed by atoms with Gasteiger partial charge in [0.1, 0.15) is 5.82 Å². The molecule has 5 nitrogen and oxygen atoms in total. The van der Waals surface area contributed by atoms with Crippen LogP contribution < -0.4 is 14.5 Å². The van der Waals surface area contributed by atoms with Gasteiger partial charge < -0.3 is 19.1 Å². The Bertz CT molecular complexity index is 4830. The number of anilines is 4. The first kappa shape index (κ1) is 27.6. The Labute approximate surface area is 461 Å². The van der Waals surface area contributed by atoms with E-state index in [0.29, 0.717) is 22.7 Å². The minimum absolute atomic E-state index is 0. The van der Waals surface area contributed by atoms with E-state index in [1.54, 1.807) is 65.1 Å². The van der Waals surface area contributed by atoms with Gasteiger partial charge in [-0.3, -0.25) is 0 Å². The first-order valence-corrected chi connectivity index (χ1v) is 22.2. The molecule has 0 fully saturated rings. The number of para-hydroxylation sites is 4. The number of benzene rings is 10. The van der Waals surface area contributed by atoms with Crippen LogP contribution in [0.1, 0.15) is 27.4 Å². The largest absolute Gasteiger partial charge is 0.509 e. The molecule has 346 valence electrons. The second-order valence-electron chi connectivity index (χ2n) is 16.1. The zero-order chi connectivity index (χ0) is 64.5. The standard InChI is InChI=1S/C66H43N4O.Pt/c1-5-21-46(22-6-1)54-30-19-31-55(47-23-7-2-8-24-47)65(54)50-41-51(43-53(42-50)71-52-38-39-59-58-29-13-14-34-60(58)70(63(59)44-52)64-37-17-18-40-67-64)68-45-69(62-36-16-15-35-61(62)68)66-56(48-25-9-3-10-26-48)32-20-33-57(66)49-27-11-4-12-28-49;/h1-42,45H;/q-3;/i1D,2D,3D,4D,5D,6D,7D,8D,9D,10D,11D,12D,21D,22D,23D,24D,25D,26D,27D,28D;. The smallest absolute Gasteiger partial charge is 0.135 e. The SMILES string of the molecule is [2H]c1c([2H])c([2H])c(-c2cccc(-c3c([2H])c([2H])c([2H])c([2H])c3[2H])c2-c2cc(Oc3[c-]c4c(cc3)c3ccccc3n4-c3ccccn3)[c-]c(N3[CH-]N(c4c(-c5c([2H])c([2H])c([2H])c([2H])c5[2H])cccc4-c4c([2H])c([2H])c([2H])c([2H])c4[2H])c4ccccc43)c2)c([2H])c1[2H].[Pt]. The molecule has 3 heterocycles. The molecule has 0 N–H and O–H groups in total. The predicted octanol–water partition coefficient (Wildman–Crippen LogP) is 17.3. The molecule has 2 aromatic heterocycles. The molecule has 0 saturated carbocycles. The summed E-state index contributed by atoms with van der Waals surface area (Å²) in [5, 5.41) is 1.69. The Morgan fingerprint density at radius 3 is 1.60 bits per heavy atom. The van der Waals surface area contributed by atoms with E-state index in [2.05, 4.69) is 17.1 Å². The summed E-state index contributed by atoms with van der Waals surface area (Å²) >= 11 is 0. The van der Waals surface area contributed by atoms with Gasteiger partial charge in [0.15, 0.2) is 0 Å². The number of pyridine rings is 1. The number of hydrogen-bond acceptors (Lipinski definition) is 4. The van der Waals surface area contributed by atoms with Gasteiger partial charge in [0.2, 0.25) is 0 Å². The topological polar surface area (TPSA) is 33.5 Å². The van der Waals surface area contributed by atoms with Crippen LogP contribution in [0.2, 0.25) is 0 Å². The third-order valence-corrected chi connectivity index (χ3v) is 12.1. The van der Waals surface area contributed by atoms with Crippen molar-refractivity contribution in [1.29, 1.82) is 0 Å². The molecule has 13 rings (SSSR count). The van der Waals surface area contributed by atoms with E-state index in [0.717, 1.165) is 16.3 Å². The summed E-state index contributed by atoms with van der Waals surface area (Å²) in [7, 11) is 0. The average Bonchev–Trinajstić information content (AvgIpc) is 1.20. The molecule has 0 spiro atoms. The summed E-state index contributed by atoms with van der Waals surface area (Å²) in [6, 6.07) is 29.7. The third kappa shape index (κ3) is 8.04. The molecule has 12 aromatic rings. The van der Waals surface area contributed by atoms with Crippen LogP contribution in [0.25, 0.3) is 83.3 Å². The summed E-state index contributed by atoms with van der Waals surface area (Å²) < 4.78 is 187. The third-order valence-electron chi connectivity index (χ3n) is 12.1. The molecular weight excluding hydrogens is 1060 g/mol. The molecule has 0 amide bonds. The Hall–Kier alpha value is -8.76. The van der Waals surface area contributed by atoms with Crippen LogP contribution >= 0.6 is 0 Å². The Morgan fingerprint density at radius 1 is 0.458 bits per heavy atom. The van der Waals surface area contributed by atoms with E-state index < -0.39 is 121 Å². The van der Waals surface area contributed by atoms with E-state index in [1.165, 1.54) is 42.5 Å². The van der Waals surface area contributed by atoms with Gasteiger partial charge in [-0.25, -0.2) is 4.98 Å². The molecule has 0 bridgehead atoms. The van der Waals surface area contributed by atoms with Crippen molar-refractivity contribution in [1.82, 2.24) is 9.55 Å². The van der Waals surface area contributed by atoms with Crippen LogP contribution in [0.4, 0.5) is 22.7 Å². The number of ether oxygens (including phenoxy) is 1. The molecule has 0 atom stereocenters. The van der Waals surface area contributed by atoms with Crippen molar-refractivity contribution in [2.45, 2.75) is 0 Å². The number of hydrogen-bond donors (Lipinski definition) is 0. The molecular formula is C66H43N4OPt-3. The Balaban J connectivity index is 0.00000816. The first-order chi connectivity index (χ1) is 43.5. The quantitative estimate of drug-likeness (QED) is 0.128. The maximum Gasteiger partial charge on any atom is 0.135 e. The van der Waals surface area contributed by atoms with Crippen molar-refractivity contribution < 1.29 is 53.2 Å². The maximum atomic E-state index is 9.31. The van der Waals surface area contributed by atoms with Gasteiger partial charge in [-0.05, 0) is 74.7 Å². The van der Waals surface area contributed by atoms with Crippen molar-refractivity contribution in [2.24, 2.45) is 0 Å². The summed E-state index contributed by atoms with van der Waals surface area (Å²) in [4.78, 5) is 7.89. The van der Waals surface area contributed by atoms with E-state index in [9.17, 15) is 11.0 Å². The van der Waals surface area contributed by atoms with Gasteiger partial charge in [0.05, 0.1) is 27.4 Å². The van der Waals surface area contributed by atoms with Crippen molar-refractivity contribution in [3.05, 3.63) is 273 Å². The maximum absolute atomic E-state index is 9.31. The van der Waals surface area contributed by atoms with Gasteiger partial charge in [0, 0.05) is 72.5 Å². The predicted molar refractivity (Wildman–Crippen MR) is 291 cm³/mol.